The van der Waals surface area contributed by atoms with E-state index in [-0.39, 0.29) is 29.7 Å². The summed E-state index contributed by atoms with van der Waals surface area (Å²) >= 11 is 0. The molecular formula is C19H48O. The monoisotopic (exact) mass is 292 g/mol. The second-order valence-corrected chi connectivity index (χ2v) is 6.87. The first-order valence-electron chi connectivity index (χ1n) is 6.53. The van der Waals surface area contributed by atoms with Crippen molar-refractivity contribution in [3.05, 3.63) is 0 Å². The molecule has 0 saturated carbocycles. The number of Topliss-reactive ketones (excluding diaryl/α,β-unsaturated/α-hetero) is 1. The van der Waals surface area contributed by atoms with Crippen LogP contribution < -0.4 is 0 Å². The molecule has 0 aromatic carbocycles. The molecular weight excluding hydrogens is 244 g/mol. The smallest absolute Gasteiger partial charge is 0.132 e. The molecule has 1 nitrogen and oxygen atoms in total. The lowest BCUT2D eigenvalue weighted by molar-refractivity contribution is -0.119. The Kier molecular flexibility index (Phi) is 30.7. The lowest BCUT2D eigenvalue weighted by Crippen LogP contribution is -2.07. The molecule has 0 fully saturated rings. The molecule has 0 heterocycles. The van der Waals surface area contributed by atoms with E-state index in [1.165, 1.54) is 6.42 Å². The van der Waals surface area contributed by atoms with Crippen molar-refractivity contribution < 1.29 is 4.79 Å². The molecule has 0 unspecified atom stereocenters. The molecule has 0 aliphatic rings. The molecule has 0 bridgehead atoms. The molecule has 1 heteroatoms. The van der Waals surface area contributed by atoms with Crippen molar-refractivity contribution in [3.63, 3.8) is 0 Å². The lowest BCUT2D eigenvalue weighted by atomic mass is 9.89. The van der Waals surface area contributed by atoms with Gasteiger partial charge in [0.05, 0.1) is 0 Å². The highest BCUT2D eigenvalue weighted by molar-refractivity contribution is 5.77. The average Bonchev–Trinajstić information content (AvgIpc) is 2.13. The zero-order valence-corrected chi connectivity index (χ0v) is 12.7. The third kappa shape index (κ3) is 43.1. The zero-order valence-electron chi connectivity index (χ0n) is 12.7. The van der Waals surface area contributed by atoms with Gasteiger partial charge in [0.2, 0.25) is 0 Å². The fourth-order valence-electron chi connectivity index (χ4n) is 0.691. The van der Waals surface area contributed by atoms with Gasteiger partial charge in [-0.25, -0.2) is 0 Å². The first kappa shape index (κ1) is 36.7. The fraction of sp³-hybridized carbons (Fsp3) is 0.947. The highest BCUT2D eigenvalue weighted by atomic mass is 16.1. The summed E-state index contributed by atoms with van der Waals surface area (Å²) in [6, 6.07) is 0. The summed E-state index contributed by atoms with van der Waals surface area (Å²) in [5.74, 6) is 0.384. The zero-order chi connectivity index (χ0) is 13.4. The Labute approximate surface area is 132 Å². The maximum atomic E-state index is 10.9. The van der Waals surface area contributed by atoms with Gasteiger partial charge in [0.25, 0.3) is 0 Å². The maximum absolute atomic E-state index is 10.9. The van der Waals surface area contributed by atoms with Crippen LogP contribution >= 0.6 is 0 Å². The normalized spacial score (nSPS) is 9.40. The van der Waals surface area contributed by atoms with Crippen molar-refractivity contribution in [1.29, 1.82) is 0 Å². The topological polar surface area (TPSA) is 17.1 Å². The summed E-state index contributed by atoms with van der Waals surface area (Å²) in [7, 11) is 0. The minimum absolute atomic E-state index is 0. The maximum Gasteiger partial charge on any atom is 0.132 e. The molecule has 0 spiro atoms. The van der Waals surface area contributed by atoms with Gasteiger partial charge in [-0.1, -0.05) is 91.5 Å². The Hall–Kier alpha value is -0.330. The van der Waals surface area contributed by atoms with Crippen LogP contribution in [-0.2, 0) is 4.79 Å². The van der Waals surface area contributed by atoms with Gasteiger partial charge in [0, 0.05) is 12.8 Å². The number of rotatable bonds is 3. The molecule has 0 radical (unpaired) electrons. The summed E-state index contributed by atoms with van der Waals surface area (Å²) in [4.78, 5) is 10.9. The molecule has 0 aliphatic heterocycles. The van der Waals surface area contributed by atoms with Gasteiger partial charge in [0.15, 0.2) is 0 Å². The van der Waals surface area contributed by atoms with Crippen molar-refractivity contribution in [2.45, 2.75) is 111 Å². The van der Waals surface area contributed by atoms with Crippen LogP contribution in [0.4, 0.5) is 0 Å². The Morgan fingerprint density at radius 2 is 1.05 bits per heavy atom. The quantitative estimate of drug-likeness (QED) is 0.519. The summed E-state index contributed by atoms with van der Waals surface area (Å²) in [6.45, 7) is 17.3. The van der Waals surface area contributed by atoms with Gasteiger partial charge in [0.1, 0.15) is 5.78 Å². The minimum atomic E-state index is 0. The summed E-state index contributed by atoms with van der Waals surface area (Å²) in [6.07, 6.45) is 3.72. The molecule has 0 amide bonds. The van der Waals surface area contributed by atoms with E-state index in [1.807, 2.05) is 6.92 Å². The van der Waals surface area contributed by atoms with Crippen molar-refractivity contribution in [1.82, 2.24) is 0 Å². The van der Waals surface area contributed by atoms with E-state index in [2.05, 4.69) is 48.5 Å². The molecule has 0 rings (SSSR count). The molecule has 20 heavy (non-hydrogen) atoms. The van der Waals surface area contributed by atoms with E-state index in [0.29, 0.717) is 23.0 Å². The van der Waals surface area contributed by atoms with Crippen LogP contribution in [0.15, 0.2) is 0 Å². The SMILES string of the molecule is C.C.C.C.CCC(=O)CCC(C)(C)C.CCC(C)(C)C. The molecule has 0 N–H and O–H groups in total. The van der Waals surface area contributed by atoms with Crippen LogP contribution in [0.3, 0.4) is 0 Å². The summed E-state index contributed by atoms with van der Waals surface area (Å²) in [5.41, 5.74) is 0.852. The summed E-state index contributed by atoms with van der Waals surface area (Å²) in [5, 5.41) is 0. The van der Waals surface area contributed by atoms with E-state index in [4.69, 9.17) is 0 Å². The predicted molar refractivity (Wildman–Crippen MR) is 101 cm³/mol. The second-order valence-electron chi connectivity index (χ2n) is 6.87. The number of hydrogen-bond donors (Lipinski definition) is 0. The molecule has 0 aromatic rings. The number of carbonyl (C=O) groups excluding carboxylic acids is 1. The van der Waals surface area contributed by atoms with E-state index >= 15 is 0 Å². The van der Waals surface area contributed by atoms with Gasteiger partial charge in [-0.15, -0.1) is 0 Å². The Balaban J connectivity index is -0.0000000440. The average molecular weight is 293 g/mol. The van der Waals surface area contributed by atoms with Crippen LogP contribution in [0, 0.1) is 10.8 Å². The Morgan fingerprint density at radius 3 is 1.20 bits per heavy atom. The highest BCUT2D eigenvalue weighted by Gasteiger charge is 2.11. The number of hydrogen-bond acceptors (Lipinski definition) is 1. The first-order chi connectivity index (χ1) is 7.02. The fourth-order valence-corrected chi connectivity index (χ4v) is 0.691. The molecule has 0 saturated heterocycles. The third-order valence-electron chi connectivity index (χ3n) is 2.61. The van der Waals surface area contributed by atoms with E-state index < -0.39 is 0 Å². The molecule has 0 aliphatic carbocycles. The Bertz CT molecular complexity index is 179. The van der Waals surface area contributed by atoms with Gasteiger partial charge >= 0.3 is 0 Å². The van der Waals surface area contributed by atoms with E-state index in [0.717, 1.165) is 12.8 Å². The molecule has 0 aromatic heterocycles. The first-order valence-corrected chi connectivity index (χ1v) is 6.53. The van der Waals surface area contributed by atoms with Gasteiger partial charge < -0.3 is 0 Å². The predicted octanol–water partition coefficient (Wildman–Crippen LogP) is 7.78. The van der Waals surface area contributed by atoms with Crippen LogP contribution in [0.1, 0.15) is 111 Å². The lowest BCUT2D eigenvalue weighted by Gasteiger charge is -2.16. The third-order valence-corrected chi connectivity index (χ3v) is 2.61. The van der Waals surface area contributed by atoms with Crippen molar-refractivity contribution in [3.8, 4) is 0 Å². The standard InChI is InChI=1S/C9H18O.C6H14.4CH4/c1-5-8(10)6-7-9(2,3)4;1-5-6(2,3)4;;;;/h5-7H2,1-4H3;5H2,1-4H3;4*1H4. The molecule has 0 atom stereocenters. The second kappa shape index (κ2) is 16.7. The van der Waals surface area contributed by atoms with E-state index in [1.54, 1.807) is 0 Å². The van der Waals surface area contributed by atoms with Crippen molar-refractivity contribution in [2.24, 2.45) is 10.8 Å². The van der Waals surface area contributed by atoms with Crippen LogP contribution in [0.25, 0.3) is 0 Å². The molecule has 130 valence electrons. The van der Waals surface area contributed by atoms with E-state index in [9.17, 15) is 4.79 Å². The van der Waals surface area contributed by atoms with Gasteiger partial charge in [-0.05, 0) is 17.3 Å². The van der Waals surface area contributed by atoms with Crippen LogP contribution in [-0.4, -0.2) is 5.78 Å². The Morgan fingerprint density at radius 1 is 0.750 bits per heavy atom. The highest BCUT2D eigenvalue weighted by Crippen LogP contribution is 2.20. The van der Waals surface area contributed by atoms with Crippen molar-refractivity contribution in [2.75, 3.05) is 0 Å². The minimum Gasteiger partial charge on any atom is -0.300 e. The van der Waals surface area contributed by atoms with Gasteiger partial charge in [-0.2, -0.15) is 0 Å². The number of ketones is 1. The number of carbonyl (C=O) groups is 1. The van der Waals surface area contributed by atoms with Gasteiger partial charge in [-0.3, -0.25) is 4.79 Å². The largest absolute Gasteiger partial charge is 0.300 e. The van der Waals surface area contributed by atoms with Crippen LogP contribution in [0.5, 0.6) is 0 Å². The van der Waals surface area contributed by atoms with Crippen molar-refractivity contribution >= 4 is 5.78 Å². The summed E-state index contributed by atoms with van der Waals surface area (Å²) < 4.78 is 0. The van der Waals surface area contributed by atoms with Crippen LogP contribution in [0.2, 0.25) is 0 Å².